The van der Waals surface area contributed by atoms with E-state index in [1.807, 2.05) is 13.1 Å². The van der Waals surface area contributed by atoms with Crippen LogP contribution in [0.1, 0.15) is 24.6 Å². The summed E-state index contributed by atoms with van der Waals surface area (Å²) in [5.41, 5.74) is 0. The molecule has 0 saturated carbocycles. The predicted octanol–water partition coefficient (Wildman–Crippen LogP) is 1.63. The quantitative estimate of drug-likeness (QED) is 0.834. The minimum absolute atomic E-state index is 0.549. The van der Waals surface area contributed by atoms with Gasteiger partial charge in [-0.05, 0) is 18.8 Å². The molecule has 0 amide bonds. The molecule has 0 N–H and O–H groups in total. The molecule has 0 aromatic carbocycles. The van der Waals surface area contributed by atoms with Gasteiger partial charge in [0.15, 0.2) is 5.82 Å². The molecule has 0 aliphatic carbocycles. The number of hydrogen-bond donors (Lipinski definition) is 0. The molecule has 0 radical (unpaired) electrons. The molecular formula is C13H17N5O. The summed E-state index contributed by atoms with van der Waals surface area (Å²) >= 11 is 0. The third kappa shape index (κ3) is 2.89. The number of aromatic nitrogens is 4. The summed E-state index contributed by atoms with van der Waals surface area (Å²) in [7, 11) is 0. The Morgan fingerprint density at radius 3 is 3.11 bits per heavy atom. The number of aryl methyl sites for hydroxylation is 1. The number of hydrogen-bond acceptors (Lipinski definition) is 6. The Bertz CT molecular complexity index is 527. The average Bonchev–Trinajstić information content (AvgIpc) is 2.85. The zero-order chi connectivity index (χ0) is 13.1. The lowest BCUT2D eigenvalue weighted by Crippen LogP contribution is -2.36. The molecule has 3 heterocycles. The van der Waals surface area contributed by atoms with Crippen LogP contribution in [-0.2, 0) is 6.42 Å². The fourth-order valence-electron chi connectivity index (χ4n) is 2.58. The van der Waals surface area contributed by atoms with Gasteiger partial charge in [-0.1, -0.05) is 5.16 Å². The zero-order valence-electron chi connectivity index (χ0n) is 11.0. The van der Waals surface area contributed by atoms with Crippen LogP contribution in [0, 0.1) is 12.8 Å². The van der Waals surface area contributed by atoms with Gasteiger partial charge in [0.1, 0.15) is 5.82 Å². The van der Waals surface area contributed by atoms with Crippen LogP contribution in [0.3, 0.4) is 0 Å². The number of piperidine rings is 1. The van der Waals surface area contributed by atoms with E-state index in [-0.39, 0.29) is 0 Å². The molecule has 1 aliphatic rings. The van der Waals surface area contributed by atoms with Crippen molar-refractivity contribution in [3.05, 3.63) is 30.3 Å². The molecular weight excluding hydrogens is 242 g/mol. The zero-order valence-corrected chi connectivity index (χ0v) is 11.0. The number of rotatable bonds is 3. The molecule has 0 spiro atoms. The molecule has 100 valence electrons. The molecule has 6 heteroatoms. The summed E-state index contributed by atoms with van der Waals surface area (Å²) in [5, 5.41) is 3.98. The fourth-order valence-corrected chi connectivity index (χ4v) is 2.58. The molecule has 6 nitrogen and oxygen atoms in total. The summed E-state index contributed by atoms with van der Waals surface area (Å²) in [6.07, 6.45) is 8.49. The van der Waals surface area contributed by atoms with E-state index in [1.54, 1.807) is 12.4 Å². The SMILES string of the molecule is Cc1nc(CC2CCCN(c3cnccn3)C2)no1. The Labute approximate surface area is 111 Å². The lowest BCUT2D eigenvalue weighted by molar-refractivity contribution is 0.369. The summed E-state index contributed by atoms with van der Waals surface area (Å²) in [4.78, 5) is 15.1. The van der Waals surface area contributed by atoms with E-state index in [0.717, 1.165) is 37.6 Å². The van der Waals surface area contributed by atoms with Crippen molar-refractivity contribution in [2.45, 2.75) is 26.2 Å². The van der Waals surface area contributed by atoms with Crippen molar-refractivity contribution in [1.29, 1.82) is 0 Å². The largest absolute Gasteiger partial charge is 0.355 e. The predicted molar refractivity (Wildman–Crippen MR) is 69.7 cm³/mol. The summed E-state index contributed by atoms with van der Waals surface area (Å²) in [5.74, 6) is 2.95. The molecule has 1 aliphatic heterocycles. The van der Waals surface area contributed by atoms with E-state index >= 15 is 0 Å². The van der Waals surface area contributed by atoms with Crippen molar-refractivity contribution >= 4 is 5.82 Å². The topological polar surface area (TPSA) is 67.9 Å². The molecule has 1 unspecified atom stereocenters. The van der Waals surface area contributed by atoms with Gasteiger partial charge in [0.2, 0.25) is 5.89 Å². The second-order valence-electron chi connectivity index (χ2n) is 4.95. The van der Waals surface area contributed by atoms with Crippen LogP contribution < -0.4 is 4.90 Å². The molecule has 0 bridgehead atoms. The highest BCUT2D eigenvalue weighted by atomic mass is 16.5. The first-order valence-corrected chi connectivity index (χ1v) is 6.61. The standard InChI is InChI=1S/C13H17N5O/c1-10-16-12(17-19-10)7-11-3-2-6-18(9-11)13-8-14-4-5-15-13/h4-5,8,11H,2-3,6-7,9H2,1H3. The number of anilines is 1. The third-order valence-electron chi connectivity index (χ3n) is 3.43. The van der Waals surface area contributed by atoms with Crippen molar-refractivity contribution in [2.24, 2.45) is 5.92 Å². The van der Waals surface area contributed by atoms with Crippen LogP contribution in [-0.4, -0.2) is 33.2 Å². The maximum Gasteiger partial charge on any atom is 0.223 e. The highest BCUT2D eigenvalue weighted by Gasteiger charge is 2.22. The van der Waals surface area contributed by atoms with Crippen LogP contribution in [0.2, 0.25) is 0 Å². The molecule has 3 rings (SSSR count). The Balaban J connectivity index is 1.65. The Kier molecular flexibility index (Phi) is 3.39. The van der Waals surface area contributed by atoms with Crippen LogP contribution in [0.4, 0.5) is 5.82 Å². The second-order valence-corrected chi connectivity index (χ2v) is 4.95. The maximum atomic E-state index is 5.02. The van der Waals surface area contributed by atoms with E-state index in [2.05, 4.69) is 25.0 Å². The van der Waals surface area contributed by atoms with Gasteiger partial charge in [0, 0.05) is 38.8 Å². The molecule has 19 heavy (non-hydrogen) atoms. The minimum atomic E-state index is 0.549. The van der Waals surface area contributed by atoms with Crippen LogP contribution in [0.5, 0.6) is 0 Å². The van der Waals surface area contributed by atoms with Crippen molar-refractivity contribution in [3.8, 4) is 0 Å². The summed E-state index contributed by atoms with van der Waals surface area (Å²) in [6, 6.07) is 0. The highest BCUT2D eigenvalue weighted by molar-refractivity contribution is 5.35. The summed E-state index contributed by atoms with van der Waals surface area (Å²) in [6.45, 7) is 3.84. The van der Waals surface area contributed by atoms with E-state index in [4.69, 9.17) is 4.52 Å². The van der Waals surface area contributed by atoms with Crippen LogP contribution in [0.25, 0.3) is 0 Å². The fraction of sp³-hybridized carbons (Fsp3) is 0.538. The lowest BCUT2D eigenvalue weighted by Gasteiger charge is -2.32. The highest BCUT2D eigenvalue weighted by Crippen LogP contribution is 2.23. The van der Waals surface area contributed by atoms with Crippen LogP contribution >= 0.6 is 0 Å². The maximum absolute atomic E-state index is 5.02. The van der Waals surface area contributed by atoms with Crippen molar-refractivity contribution in [1.82, 2.24) is 20.1 Å². The van der Waals surface area contributed by atoms with E-state index in [9.17, 15) is 0 Å². The van der Waals surface area contributed by atoms with Gasteiger partial charge in [-0.15, -0.1) is 0 Å². The van der Waals surface area contributed by atoms with E-state index in [1.165, 1.54) is 6.42 Å². The van der Waals surface area contributed by atoms with E-state index in [0.29, 0.717) is 11.8 Å². The Morgan fingerprint density at radius 2 is 2.37 bits per heavy atom. The van der Waals surface area contributed by atoms with Gasteiger partial charge >= 0.3 is 0 Å². The Morgan fingerprint density at radius 1 is 1.42 bits per heavy atom. The van der Waals surface area contributed by atoms with Gasteiger partial charge in [-0.3, -0.25) is 4.98 Å². The first-order chi connectivity index (χ1) is 9.31. The van der Waals surface area contributed by atoms with Crippen molar-refractivity contribution in [2.75, 3.05) is 18.0 Å². The summed E-state index contributed by atoms with van der Waals surface area (Å²) < 4.78 is 5.02. The van der Waals surface area contributed by atoms with Crippen molar-refractivity contribution < 1.29 is 4.52 Å². The molecule has 1 atom stereocenters. The first kappa shape index (κ1) is 12.1. The first-order valence-electron chi connectivity index (χ1n) is 6.61. The molecule has 1 fully saturated rings. The molecule has 2 aromatic rings. The average molecular weight is 259 g/mol. The van der Waals surface area contributed by atoms with Gasteiger partial charge in [0.05, 0.1) is 6.20 Å². The van der Waals surface area contributed by atoms with Crippen molar-refractivity contribution in [3.63, 3.8) is 0 Å². The van der Waals surface area contributed by atoms with Gasteiger partial charge in [-0.2, -0.15) is 4.98 Å². The lowest BCUT2D eigenvalue weighted by atomic mass is 9.94. The second kappa shape index (κ2) is 5.34. The molecule has 2 aromatic heterocycles. The normalized spacial score (nSPS) is 19.6. The minimum Gasteiger partial charge on any atom is -0.355 e. The van der Waals surface area contributed by atoms with Gasteiger partial charge < -0.3 is 9.42 Å². The third-order valence-corrected chi connectivity index (χ3v) is 3.43. The molecule has 1 saturated heterocycles. The van der Waals surface area contributed by atoms with Gasteiger partial charge in [0.25, 0.3) is 0 Å². The monoisotopic (exact) mass is 259 g/mol. The van der Waals surface area contributed by atoms with E-state index < -0.39 is 0 Å². The Hall–Kier alpha value is -1.98. The number of nitrogens with zero attached hydrogens (tertiary/aromatic N) is 5. The van der Waals surface area contributed by atoms with Crippen LogP contribution in [0.15, 0.2) is 23.1 Å². The smallest absolute Gasteiger partial charge is 0.223 e. The van der Waals surface area contributed by atoms with Gasteiger partial charge in [-0.25, -0.2) is 4.98 Å².